The van der Waals surface area contributed by atoms with E-state index in [0.717, 1.165) is 36.1 Å². The molecular formula is C25H19N3O4S. The monoisotopic (exact) mass is 457 g/mol. The van der Waals surface area contributed by atoms with Gasteiger partial charge in [-0.05, 0) is 55.5 Å². The molecule has 1 aromatic carbocycles. The van der Waals surface area contributed by atoms with Crippen molar-refractivity contribution in [1.82, 2.24) is 4.98 Å². The van der Waals surface area contributed by atoms with Crippen LogP contribution in [0.25, 0.3) is 22.4 Å². The summed E-state index contributed by atoms with van der Waals surface area (Å²) in [6.07, 6.45) is 5.44. The van der Waals surface area contributed by atoms with Crippen LogP contribution in [-0.2, 0) is 22.4 Å². The molecule has 0 unspecified atom stereocenters. The second-order valence-corrected chi connectivity index (χ2v) is 8.81. The number of aryl methyl sites for hydroxylation is 1. The molecule has 0 atom stereocenters. The highest BCUT2D eigenvalue weighted by Gasteiger charge is 2.23. The van der Waals surface area contributed by atoms with E-state index in [1.54, 1.807) is 30.3 Å². The van der Waals surface area contributed by atoms with E-state index < -0.39 is 18.5 Å². The number of para-hydroxylation sites is 1. The number of nitrogens with one attached hydrogen (secondary N) is 1. The summed E-state index contributed by atoms with van der Waals surface area (Å²) in [6, 6.07) is 14.5. The highest BCUT2D eigenvalue weighted by molar-refractivity contribution is 7.16. The lowest BCUT2D eigenvalue weighted by Gasteiger charge is -2.10. The number of benzene rings is 1. The van der Waals surface area contributed by atoms with Crippen LogP contribution < -0.4 is 5.32 Å². The van der Waals surface area contributed by atoms with E-state index >= 15 is 0 Å². The van der Waals surface area contributed by atoms with Crippen LogP contribution >= 0.6 is 11.3 Å². The Morgan fingerprint density at radius 3 is 2.85 bits per heavy atom. The van der Waals surface area contributed by atoms with Gasteiger partial charge in [0.25, 0.3) is 5.91 Å². The molecule has 4 aromatic rings. The van der Waals surface area contributed by atoms with Crippen LogP contribution in [-0.4, -0.2) is 23.5 Å². The van der Waals surface area contributed by atoms with Crippen molar-refractivity contribution in [2.24, 2.45) is 0 Å². The van der Waals surface area contributed by atoms with Crippen LogP contribution in [0.4, 0.5) is 5.00 Å². The third kappa shape index (κ3) is 4.11. The number of carbonyl (C=O) groups is 2. The Kier molecular flexibility index (Phi) is 5.63. The van der Waals surface area contributed by atoms with Gasteiger partial charge in [-0.25, -0.2) is 9.78 Å². The average Bonchev–Trinajstić information content (AvgIpc) is 3.49. The first-order valence-corrected chi connectivity index (χ1v) is 11.4. The number of ether oxygens (including phenoxy) is 1. The van der Waals surface area contributed by atoms with E-state index in [-0.39, 0.29) is 0 Å². The number of amides is 1. The molecular weight excluding hydrogens is 438 g/mol. The van der Waals surface area contributed by atoms with Crippen molar-refractivity contribution in [3.8, 4) is 17.5 Å². The van der Waals surface area contributed by atoms with Gasteiger partial charge < -0.3 is 14.5 Å². The Balaban J connectivity index is 1.34. The molecule has 164 valence electrons. The fourth-order valence-electron chi connectivity index (χ4n) is 4.04. The Bertz CT molecular complexity index is 1400. The smallest absolute Gasteiger partial charge is 0.339 e. The maximum absolute atomic E-state index is 12.9. The molecule has 8 heteroatoms. The third-order valence-corrected chi connectivity index (χ3v) is 6.79. The molecule has 3 heterocycles. The SMILES string of the molecule is N#Cc1c(NC(=O)COC(=O)c2cc(-c3ccco3)nc3ccccc23)sc2c1CCCC2. The Labute approximate surface area is 193 Å². The third-order valence-electron chi connectivity index (χ3n) is 5.58. The Morgan fingerprint density at radius 2 is 2.03 bits per heavy atom. The quantitative estimate of drug-likeness (QED) is 0.418. The summed E-state index contributed by atoms with van der Waals surface area (Å²) in [6.45, 7) is -0.459. The number of nitrogens with zero attached hydrogens (tertiary/aromatic N) is 2. The van der Waals surface area contributed by atoms with Gasteiger partial charge in [0.15, 0.2) is 12.4 Å². The van der Waals surface area contributed by atoms with Crippen molar-refractivity contribution >= 4 is 39.1 Å². The zero-order valence-corrected chi connectivity index (χ0v) is 18.4. The number of hydrogen-bond donors (Lipinski definition) is 1. The lowest BCUT2D eigenvalue weighted by Crippen LogP contribution is -2.21. The number of carbonyl (C=O) groups excluding carboxylic acids is 2. The van der Waals surface area contributed by atoms with Gasteiger partial charge in [0.1, 0.15) is 16.8 Å². The molecule has 1 amide bonds. The van der Waals surface area contributed by atoms with E-state index in [1.165, 1.54) is 17.6 Å². The standard InChI is InChI=1S/C25H19N3O4S/c26-13-18-16-7-2-4-10-22(16)33-24(18)28-23(29)14-32-25(30)17-12-20(21-9-5-11-31-21)27-19-8-3-1-6-15(17)19/h1,3,5-6,8-9,11-12H,2,4,7,10,14H2,(H,28,29). The summed E-state index contributed by atoms with van der Waals surface area (Å²) >= 11 is 1.43. The maximum Gasteiger partial charge on any atom is 0.339 e. The predicted molar refractivity (Wildman–Crippen MR) is 124 cm³/mol. The predicted octanol–water partition coefficient (Wildman–Crippen LogP) is 5.10. The van der Waals surface area contributed by atoms with E-state index in [1.807, 2.05) is 12.1 Å². The van der Waals surface area contributed by atoms with Gasteiger partial charge in [-0.15, -0.1) is 11.3 Å². The van der Waals surface area contributed by atoms with Gasteiger partial charge in [-0.1, -0.05) is 18.2 Å². The number of esters is 1. The molecule has 7 nitrogen and oxygen atoms in total. The number of rotatable bonds is 5. The van der Waals surface area contributed by atoms with Crippen LogP contribution in [0.3, 0.4) is 0 Å². The highest BCUT2D eigenvalue weighted by atomic mass is 32.1. The molecule has 0 bridgehead atoms. The summed E-state index contributed by atoms with van der Waals surface area (Å²) in [5.74, 6) is -0.594. The first-order valence-electron chi connectivity index (χ1n) is 10.6. The molecule has 3 aromatic heterocycles. The Morgan fingerprint density at radius 1 is 1.18 bits per heavy atom. The van der Waals surface area contributed by atoms with Crippen LogP contribution in [0.1, 0.15) is 39.2 Å². The minimum atomic E-state index is -0.637. The number of fused-ring (bicyclic) bond motifs is 2. The molecule has 1 aliphatic carbocycles. The van der Waals surface area contributed by atoms with Crippen LogP contribution in [0, 0.1) is 11.3 Å². The summed E-state index contributed by atoms with van der Waals surface area (Å²) in [5, 5.41) is 13.5. The van der Waals surface area contributed by atoms with E-state index in [2.05, 4.69) is 16.4 Å². The minimum absolute atomic E-state index is 0.295. The zero-order valence-electron chi connectivity index (χ0n) is 17.6. The fourth-order valence-corrected chi connectivity index (χ4v) is 5.29. The summed E-state index contributed by atoms with van der Waals surface area (Å²) in [4.78, 5) is 31.1. The molecule has 0 spiro atoms. The van der Waals surface area contributed by atoms with Crippen molar-refractivity contribution < 1.29 is 18.7 Å². The van der Waals surface area contributed by atoms with Crippen molar-refractivity contribution in [3.63, 3.8) is 0 Å². The average molecular weight is 458 g/mol. The lowest BCUT2D eigenvalue weighted by atomic mass is 9.96. The second-order valence-electron chi connectivity index (χ2n) is 7.70. The van der Waals surface area contributed by atoms with Gasteiger partial charge in [-0.3, -0.25) is 4.79 Å². The molecule has 0 aliphatic heterocycles. The van der Waals surface area contributed by atoms with Gasteiger partial charge >= 0.3 is 5.97 Å². The Hall–Kier alpha value is -3.96. The zero-order chi connectivity index (χ0) is 22.8. The van der Waals surface area contributed by atoms with Crippen LogP contribution in [0.2, 0.25) is 0 Å². The van der Waals surface area contributed by atoms with E-state index in [0.29, 0.717) is 38.5 Å². The largest absolute Gasteiger partial charge is 0.463 e. The lowest BCUT2D eigenvalue weighted by molar-refractivity contribution is -0.119. The van der Waals surface area contributed by atoms with Crippen molar-refractivity contribution in [3.05, 3.63) is 70.3 Å². The number of aromatic nitrogens is 1. The van der Waals surface area contributed by atoms with Crippen molar-refractivity contribution in [2.75, 3.05) is 11.9 Å². The van der Waals surface area contributed by atoms with Gasteiger partial charge in [-0.2, -0.15) is 5.26 Å². The molecule has 0 radical (unpaired) electrons. The first-order chi connectivity index (χ1) is 16.1. The van der Waals surface area contributed by atoms with E-state index in [4.69, 9.17) is 9.15 Å². The molecule has 33 heavy (non-hydrogen) atoms. The normalized spacial score (nSPS) is 12.7. The molecule has 1 aliphatic rings. The van der Waals surface area contributed by atoms with Crippen LogP contribution in [0.5, 0.6) is 0 Å². The number of furan rings is 1. The summed E-state index contributed by atoms with van der Waals surface area (Å²) in [7, 11) is 0. The summed E-state index contributed by atoms with van der Waals surface area (Å²) < 4.78 is 10.8. The summed E-state index contributed by atoms with van der Waals surface area (Å²) in [5.41, 5.74) is 2.97. The second kappa shape index (κ2) is 8.88. The van der Waals surface area contributed by atoms with Crippen molar-refractivity contribution in [2.45, 2.75) is 25.7 Å². The number of nitriles is 1. The van der Waals surface area contributed by atoms with Gasteiger partial charge in [0, 0.05) is 10.3 Å². The fraction of sp³-hybridized carbons (Fsp3) is 0.200. The number of pyridine rings is 1. The number of hydrogen-bond acceptors (Lipinski definition) is 7. The first kappa shape index (κ1) is 20.9. The maximum atomic E-state index is 12.9. The molecule has 5 rings (SSSR count). The van der Waals surface area contributed by atoms with Crippen molar-refractivity contribution in [1.29, 1.82) is 5.26 Å². The minimum Gasteiger partial charge on any atom is -0.463 e. The molecule has 0 fully saturated rings. The molecule has 1 N–H and O–H groups in total. The number of thiophene rings is 1. The highest BCUT2D eigenvalue weighted by Crippen LogP contribution is 2.37. The molecule has 0 saturated heterocycles. The topological polar surface area (TPSA) is 105 Å². The molecule has 0 saturated carbocycles. The van der Waals surface area contributed by atoms with Gasteiger partial charge in [0.05, 0.1) is 22.9 Å². The number of anilines is 1. The van der Waals surface area contributed by atoms with E-state index in [9.17, 15) is 14.9 Å². The van der Waals surface area contributed by atoms with Gasteiger partial charge in [0.2, 0.25) is 0 Å². The van der Waals surface area contributed by atoms with Crippen LogP contribution in [0.15, 0.2) is 53.1 Å².